The lowest BCUT2D eigenvalue weighted by Crippen LogP contribution is -2.33. The van der Waals surface area contributed by atoms with Gasteiger partial charge in [0, 0.05) is 52.8 Å². The van der Waals surface area contributed by atoms with E-state index in [2.05, 4.69) is 17.0 Å². The molecule has 254 valence electrons. The quantitative estimate of drug-likeness (QED) is 0.186. The Morgan fingerprint density at radius 3 is 2.42 bits per heavy atom. The molecule has 1 unspecified atom stereocenters. The topological polar surface area (TPSA) is 116 Å². The summed E-state index contributed by atoms with van der Waals surface area (Å²) in [4.78, 5) is 27.4. The highest BCUT2D eigenvalue weighted by molar-refractivity contribution is 6.21. The monoisotopic (exact) mass is 666 g/mol. The second-order valence-electron chi connectivity index (χ2n) is 13.0. The molecule has 0 aromatic heterocycles. The lowest BCUT2D eigenvalue weighted by molar-refractivity contribution is -0.179. The maximum Gasteiger partial charge on any atom is 0.340 e. The number of carbonyl (C=O) groups is 1. The number of fused-ring (bicyclic) bond motifs is 5. The van der Waals surface area contributed by atoms with Crippen molar-refractivity contribution in [2.45, 2.75) is 85.7 Å². The molecule has 12 heteroatoms. The maximum atomic E-state index is 13.4. The summed E-state index contributed by atoms with van der Waals surface area (Å²) < 4.78 is 56.7. The number of allylic oxidation sites excluding steroid dienone is 11. The molecule has 1 aliphatic carbocycles. The van der Waals surface area contributed by atoms with Crippen LogP contribution in [0.1, 0.15) is 67.2 Å². The minimum Gasteiger partial charge on any atom is -0.511 e. The molecule has 0 aromatic rings. The molecule has 6 aliphatic rings. The molecule has 0 amide bonds. The number of halogens is 4. The van der Waals surface area contributed by atoms with Crippen LogP contribution < -0.4 is 5.32 Å². The first kappa shape index (κ1) is 33.6. The predicted molar refractivity (Wildman–Crippen MR) is 175 cm³/mol. The second-order valence-corrected chi connectivity index (χ2v) is 13.0. The van der Waals surface area contributed by atoms with Crippen LogP contribution in [0.25, 0.3) is 0 Å². The van der Waals surface area contributed by atoms with Gasteiger partial charge in [-0.05, 0) is 81.1 Å². The first-order chi connectivity index (χ1) is 22.6. The molecule has 3 atom stereocenters. The third kappa shape index (κ3) is 5.63. The Balaban J connectivity index is 1.47. The zero-order valence-corrected chi connectivity index (χ0v) is 27.6. The van der Waals surface area contributed by atoms with E-state index in [4.69, 9.17) is 15.0 Å². The second kappa shape index (κ2) is 12.3. The van der Waals surface area contributed by atoms with Gasteiger partial charge in [0.15, 0.2) is 6.61 Å². The van der Waals surface area contributed by atoms with Gasteiger partial charge in [0.05, 0.1) is 40.3 Å². The van der Waals surface area contributed by atoms with Gasteiger partial charge in [-0.1, -0.05) is 13.8 Å². The van der Waals surface area contributed by atoms with Crippen LogP contribution in [0, 0.1) is 11.8 Å². The van der Waals surface area contributed by atoms with Crippen molar-refractivity contribution in [3.8, 4) is 0 Å². The van der Waals surface area contributed by atoms with E-state index < -0.39 is 31.0 Å². The third-order valence-electron chi connectivity index (χ3n) is 9.92. The SMILES string of the molecule is CCC1=C(C)C2=NC1=CC1=C(C)C3=C(O)CC(=C4NC(=CC5=NC(=C2)C(C(C)O)=C5C)[C@@H](C)[C@@H]4CCC(=O)OCC(F)(F)C(F)F)C3=N1. The summed E-state index contributed by atoms with van der Waals surface area (Å²) in [6, 6.07) is 0. The molecule has 5 aliphatic heterocycles. The van der Waals surface area contributed by atoms with Crippen molar-refractivity contribution < 1.29 is 37.3 Å². The van der Waals surface area contributed by atoms with E-state index in [9.17, 15) is 32.6 Å². The van der Waals surface area contributed by atoms with Gasteiger partial charge in [-0.2, -0.15) is 8.78 Å². The molecule has 0 radical (unpaired) electrons. The first-order valence-corrected chi connectivity index (χ1v) is 16.1. The minimum absolute atomic E-state index is 0.155. The fraction of sp³-hybridized carbons (Fsp3) is 0.444. The molecule has 8 bridgehead atoms. The van der Waals surface area contributed by atoms with Gasteiger partial charge in [-0.15, -0.1) is 0 Å². The van der Waals surface area contributed by atoms with Gasteiger partial charge in [0.1, 0.15) is 5.76 Å². The van der Waals surface area contributed by atoms with E-state index in [0.717, 1.165) is 51.4 Å². The summed E-state index contributed by atoms with van der Waals surface area (Å²) >= 11 is 0. The third-order valence-corrected chi connectivity index (χ3v) is 9.92. The normalized spacial score (nSPS) is 24.3. The van der Waals surface area contributed by atoms with Crippen LogP contribution in [-0.4, -0.2) is 58.4 Å². The first-order valence-electron chi connectivity index (χ1n) is 16.1. The number of hydrogen-bond donors (Lipinski definition) is 3. The van der Waals surface area contributed by atoms with Crippen molar-refractivity contribution in [2.75, 3.05) is 6.61 Å². The van der Waals surface area contributed by atoms with Crippen molar-refractivity contribution in [3.05, 3.63) is 91.5 Å². The Morgan fingerprint density at radius 1 is 1.06 bits per heavy atom. The molecule has 0 spiro atoms. The number of aliphatic hydroxyl groups is 2. The number of ether oxygens (including phenoxy) is 1. The lowest BCUT2D eigenvalue weighted by Gasteiger charge is -2.18. The van der Waals surface area contributed by atoms with Crippen LogP contribution in [0.3, 0.4) is 0 Å². The predicted octanol–water partition coefficient (Wildman–Crippen LogP) is 7.26. The standard InChI is InChI=1S/C36H38F4N4O4/c1-7-20-15(2)23-13-28-31(19(6)45)17(4)25(42-28)11-24-16(3)21(8-9-30(47)48-14-36(39,40)35(37)38)33(43-24)22-10-29(46)32-18(5)26(44-34(22)32)12-27(20)41-23/h11-13,16,19,21,35,43,45-46H,7-10,14H2,1-6H3/t16-,19?,21-/m0/s1. The van der Waals surface area contributed by atoms with Gasteiger partial charge < -0.3 is 20.3 Å². The van der Waals surface area contributed by atoms with Gasteiger partial charge in [-0.25, -0.2) is 23.8 Å². The smallest absolute Gasteiger partial charge is 0.340 e. The Labute approximate surface area is 276 Å². The number of esters is 1. The van der Waals surface area contributed by atoms with Gasteiger partial charge in [-0.3, -0.25) is 4.79 Å². The highest BCUT2D eigenvalue weighted by Crippen LogP contribution is 2.46. The Morgan fingerprint density at radius 2 is 1.75 bits per heavy atom. The van der Waals surface area contributed by atoms with Crippen molar-refractivity contribution in [2.24, 2.45) is 26.8 Å². The molecule has 1 saturated heterocycles. The molecule has 48 heavy (non-hydrogen) atoms. The van der Waals surface area contributed by atoms with Crippen LogP contribution in [0.2, 0.25) is 0 Å². The fourth-order valence-electron chi connectivity index (χ4n) is 7.24. The molecule has 3 N–H and O–H groups in total. The van der Waals surface area contributed by atoms with E-state index in [1.54, 1.807) is 6.92 Å². The largest absolute Gasteiger partial charge is 0.511 e. The lowest BCUT2D eigenvalue weighted by atomic mass is 9.86. The molecule has 0 saturated carbocycles. The highest BCUT2D eigenvalue weighted by Gasteiger charge is 2.43. The number of nitrogens with zero attached hydrogens (tertiary/aromatic N) is 3. The molecule has 1 fully saturated rings. The molecule has 6 rings (SSSR count). The van der Waals surface area contributed by atoms with Gasteiger partial charge >= 0.3 is 18.3 Å². The van der Waals surface area contributed by atoms with E-state index >= 15 is 0 Å². The highest BCUT2D eigenvalue weighted by atomic mass is 19.3. The number of aliphatic imine (C=N–C) groups is 3. The molecule has 8 nitrogen and oxygen atoms in total. The number of rotatable bonds is 8. The zero-order valence-electron chi connectivity index (χ0n) is 27.6. The number of alkyl halides is 4. The maximum absolute atomic E-state index is 13.4. The van der Waals surface area contributed by atoms with Crippen LogP contribution >= 0.6 is 0 Å². The fourth-order valence-corrected chi connectivity index (χ4v) is 7.24. The summed E-state index contributed by atoms with van der Waals surface area (Å²) in [5.74, 6) is -5.89. The molecule has 0 aromatic carbocycles. The van der Waals surface area contributed by atoms with Crippen LogP contribution in [-0.2, 0) is 9.53 Å². The summed E-state index contributed by atoms with van der Waals surface area (Å²) in [7, 11) is 0. The zero-order chi connectivity index (χ0) is 34.8. The van der Waals surface area contributed by atoms with Gasteiger partial charge in [0.2, 0.25) is 0 Å². The van der Waals surface area contributed by atoms with Crippen molar-refractivity contribution in [1.29, 1.82) is 0 Å². The minimum atomic E-state index is -4.44. The van der Waals surface area contributed by atoms with E-state index in [0.29, 0.717) is 39.7 Å². The molecular formula is C36H38F4N4O4. The van der Waals surface area contributed by atoms with Crippen LogP contribution in [0.4, 0.5) is 17.6 Å². The Hall–Kier alpha value is -4.32. The van der Waals surface area contributed by atoms with E-state index in [1.807, 2.05) is 45.9 Å². The number of hydrogen-bond acceptors (Lipinski definition) is 8. The van der Waals surface area contributed by atoms with Crippen LogP contribution in [0.15, 0.2) is 106 Å². The number of nitrogens with one attached hydrogen (secondary N) is 1. The number of carbonyl (C=O) groups excluding carboxylic acids is 1. The van der Waals surface area contributed by atoms with Crippen molar-refractivity contribution >= 4 is 23.1 Å². The van der Waals surface area contributed by atoms with E-state index in [1.165, 1.54) is 0 Å². The summed E-state index contributed by atoms with van der Waals surface area (Å²) in [5.41, 5.74) is 11.2. The average molecular weight is 667 g/mol. The summed E-state index contributed by atoms with van der Waals surface area (Å²) in [6.07, 6.45) is 1.73. The average Bonchev–Trinajstić information content (AvgIpc) is 3.77. The Kier molecular flexibility index (Phi) is 8.60. The van der Waals surface area contributed by atoms with Crippen molar-refractivity contribution in [3.63, 3.8) is 0 Å². The van der Waals surface area contributed by atoms with Gasteiger partial charge in [0.25, 0.3) is 0 Å². The van der Waals surface area contributed by atoms with E-state index in [-0.39, 0.29) is 36.9 Å². The Bertz CT molecular complexity index is 1860. The van der Waals surface area contributed by atoms with Crippen molar-refractivity contribution in [1.82, 2.24) is 5.32 Å². The number of aliphatic hydroxyl groups excluding tert-OH is 2. The summed E-state index contributed by atoms with van der Waals surface area (Å²) in [6.45, 7) is 9.81. The summed E-state index contributed by atoms with van der Waals surface area (Å²) in [5, 5.41) is 25.5. The molecule has 5 heterocycles. The molecular weight excluding hydrogens is 628 g/mol. The van der Waals surface area contributed by atoms with Crippen LogP contribution in [0.5, 0.6) is 0 Å².